The number of carbonyl (C=O) groups excluding carboxylic acids is 1. The maximum Gasteiger partial charge on any atom is 0.238 e. The topological polar surface area (TPSA) is 61.4 Å². The molecule has 0 aliphatic rings. The molecule has 0 saturated heterocycles. The van der Waals surface area contributed by atoms with Gasteiger partial charge < -0.3 is 15.7 Å². The predicted octanol–water partition coefficient (Wildman–Crippen LogP) is 1.64. The number of anilines is 1. The largest absolute Gasteiger partial charge is 0.508 e. The van der Waals surface area contributed by atoms with Gasteiger partial charge in [-0.2, -0.15) is 0 Å². The minimum absolute atomic E-state index is 0.0845. The summed E-state index contributed by atoms with van der Waals surface area (Å²) in [4.78, 5) is 11.5. The zero-order valence-electron chi connectivity index (χ0n) is 9.87. The molecule has 0 aliphatic carbocycles. The Kier molecular flexibility index (Phi) is 4.31. The molecule has 0 aromatic heterocycles. The van der Waals surface area contributed by atoms with Gasteiger partial charge in [0.25, 0.3) is 0 Å². The Labute approximate surface area is 95.7 Å². The number of hydrogen-bond acceptors (Lipinski definition) is 3. The summed E-state index contributed by atoms with van der Waals surface area (Å²) in [6, 6.07) is 5.27. The van der Waals surface area contributed by atoms with Crippen molar-refractivity contribution in [3.63, 3.8) is 0 Å². The fraction of sp³-hybridized carbons (Fsp3) is 0.417. The van der Waals surface area contributed by atoms with E-state index in [0.717, 1.165) is 5.56 Å². The van der Waals surface area contributed by atoms with E-state index in [1.807, 2.05) is 13.8 Å². The van der Waals surface area contributed by atoms with E-state index in [9.17, 15) is 9.90 Å². The maximum atomic E-state index is 11.5. The Hall–Kier alpha value is -1.55. The molecule has 1 amide bonds. The quantitative estimate of drug-likeness (QED) is 0.679. The summed E-state index contributed by atoms with van der Waals surface area (Å²) in [5.41, 5.74) is 1.44. The monoisotopic (exact) mass is 222 g/mol. The van der Waals surface area contributed by atoms with Gasteiger partial charge in [-0.25, -0.2) is 0 Å². The van der Waals surface area contributed by atoms with Crippen LogP contribution in [-0.4, -0.2) is 23.6 Å². The SMILES string of the molecule is Cc1cc(NC(=O)CNC(C)C)ccc1O. The number of carbonyl (C=O) groups is 1. The molecular formula is C12H18N2O2. The van der Waals surface area contributed by atoms with Gasteiger partial charge >= 0.3 is 0 Å². The number of hydrogen-bond donors (Lipinski definition) is 3. The van der Waals surface area contributed by atoms with Crippen LogP contribution in [0.1, 0.15) is 19.4 Å². The van der Waals surface area contributed by atoms with Crippen LogP contribution >= 0.6 is 0 Å². The normalized spacial score (nSPS) is 10.5. The first-order chi connectivity index (χ1) is 7.49. The Bertz CT molecular complexity index is 375. The zero-order chi connectivity index (χ0) is 12.1. The summed E-state index contributed by atoms with van der Waals surface area (Å²) >= 11 is 0. The highest BCUT2D eigenvalue weighted by Crippen LogP contribution is 2.19. The molecule has 0 heterocycles. The molecule has 0 aliphatic heterocycles. The molecule has 0 unspecified atom stereocenters. The summed E-state index contributed by atoms with van der Waals surface area (Å²) in [6.07, 6.45) is 0. The molecule has 88 valence electrons. The van der Waals surface area contributed by atoms with Gasteiger partial charge in [-0.3, -0.25) is 4.79 Å². The summed E-state index contributed by atoms with van der Waals surface area (Å²) in [6.45, 7) is 6.05. The highest BCUT2D eigenvalue weighted by Gasteiger charge is 2.04. The number of rotatable bonds is 4. The molecule has 3 N–H and O–H groups in total. The van der Waals surface area contributed by atoms with E-state index in [-0.39, 0.29) is 24.2 Å². The summed E-state index contributed by atoms with van der Waals surface area (Å²) in [5, 5.41) is 15.1. The Morgan fingerprint density at radius 1 is 1.44 bits per heavy atom. The van der Waals surface area contributed by atoms with Crippen LogP contribution in [0, 0.1) is 6.92 Å². The van der Waals surface area contributed by atoms with Crippen molar-refractivity contribution in [2.75, 3.05) is 11.9 Å². The molecule has 0 radical (unpaired) electrons. The van der Waals surface area contributed by atoms with Gasteiger partial charge in [0.15, 0.2) is 0 Å². The van der Waals surface area contributed by atoms with E-state index >= 15 is 0 Å². The fourth-order valence-electron chi connectivity index (χ4n) is 1.24. The van der Waals surface area contributed by atoms with Gasteiger partial charge in [-0.15, -0.1) is 0 Å². The van der Waals surface area contributed by atoms with E-state index in [0.29, 0.717) is 5.69 Å². The van der Waals surface area contributed by atoms with Gasteiger partial charge in [0.1, 0.15) is 5.75 Å². The number of amides is 1. The summed E-state index contributed by atoms with van der Waals surface area (Å²) < 4.78 is 0. The standard InChI is InChI=1S/C12H18N2O2/c1-8(2)13-7-12(16)14-10-4-5-11(15)9(3)6-10/h4-6,8,13,15H,7H2,1-3H3,(H,14,16). The highest BCUT2D eigenvalue weighted by atomic mass is 16.3. The third kappa shape index (κ3) is 3.90. The molecule has 0 bridgehead atoms. The van der Waals surface area contributed by atoms with E-state index in [2.05, 4.69) is 10.6 Å². The molecular weight excluding hydrogens is 204 g/mol. The Morgan fingerprint density at radius 2 is 2.12 bits per heavy atom. The van der Waals surface area contributed by atoms with Crippen LogP contribution in [0.2, 0.25) is 0 Å². The zero-order valence-corrected chi connectivity index (χ0v) is 9.87. The molecule has 4 heteroatoms. The van der Waals surface area contributed by atoms with Crippen LogP contribution < -0.4 is 10.6 Å². The second-order valence-corrected chi connectivity index (χ2v) is 4.09. The van der Waals surface area contributed by atoms with Crippen molar-refractivity contribution in [2.24, 2.45) is 0 Å². The molecule has 1 rings (SSSR count). The lowest BCUT2D eigenvalue weighted by Crippen LogP contribution is -2.32. The summed E-state index contributed by atoms with van der Waals surface area (Å²) in [5.74, 6) is 0.150. The van der Waals surface area contributed by atoms with Gasteiger partial charge in [-0.1, -0.05) is 13.8 Å². The maximum absolute atomic E-state index is 11.5. The fourth-order valence-corrected chi connectivity index (χ4v) is 1.24. The third-order valence-corrected chi connectivity index (χ3v) is 2.15. The molecule has 0 spiro atoms. The third-order valence-electron chi connectivity index (χ3n) is 2.15. The van der Waals surface area contributed by atoms with Crippen LogP contribution in [0.3, 0.4) is 0 Å². The van der Waals surface area contributed by atoms with Gasteiger partial charge in [-0.05, 0) is 30.7 Å². The number of aromatic hydroxyl groups is 1. The van der Waals surface area contributed by atoms with Gasteiger partial charge in [0, 0.05) is 11.7 Å². The Morgan fingerprint density at radius 3 is 2.69 bits per heavy atom. The highest BCUT2D eigenvalue weighted by molar-refractivity contribution is 5.92. The first-order valence-electron chi connectivity index (χ1n) is 5.32. The summed E-state index contributed by atoms with van der Waals surface area (Å²) in [7, 11) is 0. The van der Waals surface area contributed by atoms with E-state index in [1.54, 1.807) is 25.1 Å². The minimum Gasteiger partial charge on any atom is -0.508 e. The molecule has 4 nitrogen and oxygen atoms in total. The van der Waals surface area contributed by atoms with Crippen molar-refractivity contribution >= 4 is 11.6 Å². The van der Waals surface area contributed by atoms with E-state index in [4.69, 9.17) is 0 Å². The lowest BCUT2D eigenvalue weighted by molar-refractivity contribution is -0.115. The van der Waals surface area contributed by atoms with Crippen molar-refractivity contribution in [3.8, 4) is 5.75 Å². The minimum atomic E-state index is -0.0845. The molecule has 16 heavy (non-hydrogen) atoms. The van der Waals surface area contributed by atoms with Gasteiger partial charge in [0.05, 0.1) is 6.54 Å². The van der Waals surface area contributed by atoms with E-state index < -0.39 is 0 Å². The first kappa shape index (κ1) is 12.5. The number of aryl methyl sites for hydroxylation is 1. The van der Waals surface area contributed by atoms with Crippen LogP contribution in [0.25, 0.3) is 0 Å². The molecule has 0 fully saturated rings. The van der Waals surface area contributed by atoms with Crippen LogP contribution in [0.5, 0.6) is 5.75 Å². The van der Waals surface area contributed by atoms with Crippen molar-refractivity contribution in [1.82, 2.24) is 5.32 Å². The van der Waals surface area contributed by atoms with Crippen molar-refractivity contribution in [3.05, 3.63) is 23.8 Å². The van der Waals surface area contributed by atoms with Crippen LogP contribution in [-0.2, 0) is 4.79 Å². The van der Waals surface area contributed by atoms with E-state index in [1.165, 1.54) is 0 Å². The number of phenolic OH excluding ortho intramolecular Hbond substituents is 1. The average Bonchev–Trinajstić information content (AvgIpc) is 2.21. The number of nitrogens with one attached hydrogen (secondary N) is 2. The van der Waals surface area contributed by atoms with Crippen LogP contribution in [0.4, 0.5) is 5.69 Å². The van der Waals surface area contributed by atoms with Crippen molar-refractivity contribution in [2.45, 2.75) is 26.8 Å². The number of phenols is 1. The lowest BCUT2D eigenvalue weighted by Gasteiger charge is -2.09. The molecule has 0 saturated carbocycles. The number of benzene rings is 1. The first-order valence-corrected chi connectivity index (χ1v) is 5.32. The van der Waals surface area contributed by atoms with Crippen LogP contribution in [0.15, 0.2) is 18.2 Å². The van der Waals surface area contributed by atoms with Crippen molar-refractivity contribution < 1.29 is 9.90 Å². The smallest absolute Gasteiger partial charge is 0.238 e. The average molecular weight is 222 g/mol. The Balaban J connectivity index is 2.53. The van der Waals surface area contributed by atoms with Crippen molar-refractivity contribution in [1.29, 1.82) is 0 Å². The molecule has 1 aromatic rings. The second kappa shape index (κ2) is 5.51. The molecule has 1 aromatic carbocycles. The predicted molar refractivity (Wildman–Crippen MR) is 64.6 cm³/mol. The second-order valence-electron chi connectivity index (χ2n) is 4.09. The van der Waals surface area contributed by atoms with Gasteiger partial charge in [0.2, 0.25) is 5.91 Å². The lowest BCUT2D eigenvalue weighted by atomic mass is 10.2. The molecule has 0 atom stereocenters.